The number of fused-ring (bicyclic) bond motifs is 1. The lowest BCUT2D eigenvalue weighted by atomic mass is 9.97. The normalized spacial score (nSPS) is 22.1. The second kappa shape index (κ2) is 9.05. The molecule has 2 aliphatic carbocycles. The zero-order valence-corrected chi connectivity index (χ0v) is 18.1. The number of hydrogen-bond donors (Lipinski definition) is 1. The van der Waals surface area contributed by atoms with Crippen LogP contribution in [0.4, 0.5) is 0 Å². The van der Waals surface area contributed by atoms with Crippen LogP contribution in [-0.2, 0) is 0 Å². The Morgan fingerprint density at radius 3 is 2.09 bits per heavy atom. The van der Waals surface area contributed by atoms with Gasteiger partial charge in [0.1, 0.15) is 0 Å². The lowest BCUT2D eigenvalue weighted by Crippen LogP contribution is -2.39. The molecular weight excluding hydrogens is 398 g/mol. The molecule has 0 atom stereocenters. The summed E-state index contributed by atoms with van der Waals surface area (Å²) >= 11 is 0. The standard InChI is InChI=1S/C27H27N3O2/c31-18-19-13-15-30(16-14-19)27(32)22-11-12-23-24(17-22)29-26(21-9-5-2-6-10-21)25(28-23)20-7-3-1-4-8-20/h1-7,9,11-12,17,19,31H,8,10,13-16,18H2. The first-order valence-electron chi connectivity index (χ1n) is 11.3. The average Bonchev–Trinajstić information content (AvgIpc) is 2.88. The van der Waals surface area contributed by atoms with Gasteiger partial charge in [0.25, 0.3) is 5.91 Å². The van der Waals surface area contributed by atoms with Crippen LogP contribution in [0.2, 0.25) is 0 Å². The molecule has 162 valence electrons. The first-order chi connectivity index (χ1) is 15.7. The smallest absolute Gasteiger partial charge is 0.253 e. The van der Waals surface area contributed by atoms with E-state index in [4.69, 9.17) is 9.97 Å². The summed E-state index contributed by atoms with van der Waals surface area (Å²) in [4.78, 5) is 25.0. The van der Waals surface area contributed by atoms with E-state index in [1.165, 1.54) is 0 Å². The van der Waals surface area contributed by atoms with Gasteiger partial charge in [0.2, 0.25) is 0 Å². The number of aliphatic hydroxyl groups is 1. The van der Waals surface area contributed by atoms with Crippen LogP contribution >= 0.6 is 0 Å². The number of benzene rings is 1. The maximum absolute atomic E-state index is 13.1. The Hall–Kier alpha value is -3.31. The van der Waals surface area contributed by atoms with Gasteiger partial charge in [0.05, 0.1) is 21.7 Å². The van der Waals surface area contributed by atoms with Gasteiger partial charge in [-0.25, -0.2) is 9.97 Å². The van der Waals surface area contributed by atoms with Crippen molar-refractivity contribution in [2.75, 3.05) is 19.7 Å². The number of amides is 1. The summed E-state index contributed by atoms with van der Waals surface area (Å²) in [6.07, 6.45) is 20.0. The number of carbonyl (C=O) groups excluding carboxylic acids is 1. The van der Waals surface area contributed by atoms with Gasteiger partial charge in [-0.15, -0.1) is 0 Å². The molecule has 1 aliphatic heterocycles. The second-order valence-electron chi connectivity index (χ2n) is 8.58. The third-order valence-corrected chi connectivity index (χ3v) is 6.44. The summed E-state index contributed by atoms with van der Waals surface area (Å²) < 4.78 is 0. The molecule has 1 fully saturated rings. The van der Waals surface area contributed by atoms with E-state index in [9.17, 15) is 9.90 Å². The predicted octanol–water partition coefficient (Wildman–Crippen LogP) is 2.81. The summed E-state index contributed by atoms with van der Waals surface area (Å²) in [5.41, 5.74) is 4.47. The number of aromatic nitrogens is 2. The maximum Gasteiger partial charge on any atom is 0.253 e. The molecule has 3 aliphatic rings. The van der Waals surface area contributed by atoms with Crippen molar-refractivity contribution in [3.8, 4) is 0 Å². The third kappa shape index (κ3) is 4.08. The maximum atomic E-state index is 13.1. The zero-order valence-electron chi connectivity index (χ0n) is 18.1. The lowest BCUT2D eigenvalue weighted by molar-refractivity contribution is 0.0651. The number of piperidine rings is 1. The monoisotopic (exact) mass is 425 g/mol. The van der Waals surface area contributed by atoms with Crippen molar-refractivity contribution < 1.29 is 9.90 Å². The Bertz CT molecular complexity index is 1290. The highest BCUT2D eigenvalue weighted by Gasteiger charge is 2.23. The van der Waals surface area contributed by atoms with Crippen molar-refractivity contribution >= 4 is 28.1 Å². The quantitative estimate of drug-likeness (QED) is 0.804. The molecule has 2 heterocycles. The number of nitrogens with zero attached hydrogens (tertiary/aromatic N) is 3. The van der Waals surface area contributed by atoms with Crippen LogP contribution in [0, 0.1) is 5.92 Å². The van der Waals surface area contributed by atoms with Crippen LogP contribution < -0.4 is 10.7 Å². The van der Waals surface area contributed by atoms with Gasteiger partial charge in [0.15, 0.2) is 0 Å². The fourth-order valence-corrected chi connectivity index (χ4v) is 4.51. The molecule has 0 saturated carbocycles. The Morgan fingerprint density at radius 1 is 0.906 bits per heavy atom. The molecule has 1 amide bonds. The zero-order chi connectivity index (χ0) is 21.9. The van der Waals surface area contributed by atoms with Crippen molar-refractivity contribution in [1.82, 2.24) is 14.9 Å². The summed E-state index contributed by atoms with van der Waals surface area (Å²) in [6, 6.07) is 5.65. The number of rotatable bonds is 2. The van der Waals surface area contributed by atoms with Crippen LogP contribution in [0.3, 0.4) is 0 Å². The summed E-state index contributed by atoms with van der Waals surface area (Å²) in [5.74, 6) is 0.330. The van der Waals surface area contributed by atoms with Gasteiger partial charge in [-0.05, 0) is 60.9 Å². The van der Waals surface area contributed by atoms with E-state index in [2.05, 4.69) is 30.4 Å². The SMILES string of the molecule is O=C(c1ccc2nc(=C3C=CC=CC3)c(=C3C=CC=CC3)nc2c1)N1CCC(CO)CC1. The molecule has 1 aromatic carbocycles. The molecule has 1 saturated heterocycles. The number of allylic oxidation sites excluding steroid dienone is 8. The van der Waals surface area contributed by atoms with Crippen LogP contribution in [0.1, 0.15) is 36.0 Å². The van der Waals surface area contributed by atoms with Crippen LogP contribution in [0.25, 0.3) is 22.2 Å². The van der Waals surface area contributed by atoms with Gasteiger partial charge >= 0.3 is 0 Å². The van der Waals surface area contributed by atoms with Crippen molar-refractivity contribution in [3.63, 3.8) is 0 Å². The molecule has 5 rings (SSSR count). The van der Waals surface area contributed by atoms with E-state index in [1.54, 1.807) is 0 Å². The molecule has 2 aromatic rings. The van der Waals surface area contributed by atoms with E-state index in [0.29, 0.717) is 24.6 Å². The topological polar surface area (TPSA) is 66.3 Å². The van der Waals surface area contributed by atoms with Crippen molar-refractivity contribution in [1.29, 1.82) is 0 Å². The molecule has 0 bridgehead atoms. The number of aliphatic hydroxyl groups excluding tert-OH is 1. The number of hydrogen-bond acceptors (Lipinski definition) is 4. The van der Waals surface area contributed by atoms with E-state index in [1.807, 2.05) is 41.3 Å². The Kier molecular flexibility index (Phi) is 5.82. The van der Waals surface area contributed by atoms with Crippen molar-refractivity contribution in [2.45, 2.75) is 25.7 Å². The highest BCUT2D eigenvalue weighted by molar-refractivity contribution is 5.97. The molecule has 1 N–H and O–H groups in total. The molecule has 1 aromatic heterocycles. The molecule has 0 radical (unpaired) electrons. The van der Waals surface area contributed by atoms with Gasteiger partial charge in [0, 0.05) is 25.3 Å². The highest BCUT2D eigenvalue weighted by atomic mass is 16.3. The van der Waals surface area contributed by atoms with E-state index < -0.39 is 0 Å². The predicted molar refractivity (Wildman–Crippen MR) is 127 cm³/mol. The molecule has 5 nitrogen and oxygen atoms in total. The first-order valence-corrected chi connectivity index (χ1v) is 11.3. The van der Waals surface area contributed by atoms with E-state index >= 15 is 0 Å². The second-order valence-corrected chi connectivity index (χ2v) is 8.58. The third-order valence-electron chi connectivity index (χ3n) is 6.44. The molecule has 0 spiro atoms. The van der Waals surface area contributed by atoms with Crippen molar-refractivity contribution in [3.05, 3.63) is 83.1 Å². The lowest BCUT2D eigenvalue weighted by Gasteiger charge is -2.31. The molecule has 0 unspecified atom stereocenters. The van der Waals surface area contributed by atoms with Crippen LogP contribution in [0.5, 0.6) is 0 Å². The fraction of sp³-hybridized carbons (Fsp3) is 0.296. The van der Waals surface area contributed by atoms with Crippen LogP contribution in [-0.4, -0.2) is 45.6 Å². The Balaban J connectivity index is 1.59. The minimum absolute atomic E-state index is 0.0265. The molecule has 5 heteroatoms. The van der Waals surface area contributed by atoms with E-state index in [0.717, 1.165) is 58.6 Å². The van der Waals surface area contributed by atoms with Gasteiger partial charge in [-0.3, -0.25) is 4.79 Å². The summed E-state index contributed by atoms with van der Waals surface area (Å²) in [5, 5.41) is 11.2. The van der Waals surface area contributed by atoms with Gasteiger partial charge in [-0.2, -0.15) is 0 Å². The number of carbonyl (C=O) groups is 1. The summed E-state index contributed by atoms with van der Waals surface area (Å²) in [6.45, 7) is 1.57. The Labute approximate surface area is 187 Å². The minimum Gasteiger partial charge on any atom is -0.396 e. The van der Waals surface area contributed by atoms with Crippen molar-refractivity contribution in [2.24, 2.45) is 5.92 Å². The van der Waals surface area contributed by atoms with Crippen LogP contribution in [0.15, 0.2) is 66.8 Å². The first kappa shape index (κ1) is 20.6. The molecule has 32 heavy (non-hydrogen) atoms. The van der Waals surface area contributed by atoms with Gasteiger partial charge < -0.3 is 10.0 Å². The average molecular weight is 426 g/mol. The minimum atomic E-state index is 0.0265. The van der Waals surface area contributed by atoms with E-state index in [-0.39, 0.29) is 12.5 Å². The summed E-state index contributed by atoms with van der Waals surface area (Å²) in [7, 11) is 0. The fourth-order valence-electron chi connectivity index (χ4n) is 4.51. The molecular formula is C27H27N3O2. The highest BCUT2D eigenvalue weighted by Crippen LogP contribution is 2.20. The largest absolute Gasteiger partial charge is 0.396 e. The number of likely N-dealkylation sites (tertiary alicyclic amines) is 1. The Morgan fingerprint density at radius 2 is 1.53 bits per heavy atom. The van der Waals surface area contributed by atoms with Gasteiger partial charge in [-0.1, -0.05) is 48.6 Å².